The Balaban J connectivity index is 2.71. The molecule has 0 bridgehead atoms. The van der Waals surface area contributed by atoms with Gasteiger partial charge in [0.05, 0.1) is 4.90 Å². The number of carbonyl (C=O) groups excluding carboxylic acids is 1. The van der Waals surface area contributed by atoms with E-state index >= 15 is 0 Å². The largest absolute Gasteiger partial charge is 0.330 e. The third-order valence-electron chi connectivity index (χ3n) is 2.97. The van der Waals surface area contributed by atoms with E-state index in [0.29, 0.717) is 24.2 Å². The number of nitrogens with two attached hydrogens (primary N) is 2. The molecule has 0 radical (unpaired) electrons. The minimum Gasteiger partial charge on any atom is -0.330 e. The number of hydrogen-bond acceptors (Lipinski definition) is 4. The molecule has 0 aliphatic carbocycles. The first-order valence-corrected chi connectivity index (χ1v) is 8.03. The molecular formula is C13H21N3O3S. The monoisotopic (exact) mass is 299 g/mol. The fraction of sp³-hybridized carbons (Fsp3) is 0.462. The van der Waals surface area contributed by atoms with Crippen molar-refractivity contribution in [3.05, 3.63) is 23.8 Å². The Morgan fingerprint density at radius 2 is 1.95 bits per heavy atom. The summed E-state index contributed by atoms with van der Waals surface area (Å²) in [6.45, 7) is 2.24. The highest BCUT2D eigenvalue weighted by Crippen LogP contribution is 2.22. The highest BCUT2D eigenvalue weighted by Gasteiger charge is 2.14. The molecule has 0 saturated carbocycles. The van der Waals surface area contributed by atoms with Gasteiger partial charge in [0.2, 0.25) is 15.9 Å². The number of benzene rings is 1. The second-order valence-corrected chi connectivity index (χ2v) is 6.15. The van der Waals surface area contributed by atoms with Gasteiger partial charge in [-0.3, -0.25) is 4.79 Å². The number of rotatable bonds is 7. The molecule has 1 aromatic carbocycles. The van der Waals surface area contributed by atoms with Crippen molar-refractivity contribution in [3.63, 3.8) is 0 Å². The second-order valence-electron chi connectivity index (χ2n) is 4.62. The highest BCUT2D eigenvalue weighted by molar-refractivity contribution is 7.89. The molecule has 1 aromatic rings. The molecule has 0 heterocycles. The van der Waals surface area contributed by atoms with Crippen LogP contribution in [0.1, 0.15) is 31.2 Å². The zero-order valence-corrected chi connectivity index (χ0v) is 12.4. The van der Waals surface area contributed by atoms with Crippen LogP contribution in [0.5, 0.6) is 0 Å². The van der Waals surface area contributed by atoms with E-state index in [-0.39, 0.29) is 10.8 Å². The van der Waals surface area contributed by atoms with Crippen LogP contribution in [0, 0.1) is 6.92 Å². The lowest BCUT2D eigenvalue weighted by Gasteiger charge is -2.11. The molecule has 112 valence electrons. The molecule has 6 nitrogen and oxygen atoms in total. The first kappa shape index (κ1) is 16.6. The molecule has 5 N–H and O–H groups in total. The van der Waals surface area contributed by atoms with Crippen LogP contribution in [0.3, 0.4) is 0 Å². The van der Waals surface area contributed by atoms with Crippen LogP contribution in [0.15, 0.2) is 23.1 Å². The van der Waals surface area contributed by atoms with Crippen LogP contribution >= 0.6 is 0 Å². The Hall–Kier alpha value is -1.44. The van der Waals surface area contributed by atoms with Crippen molar-refractivity contribution in [2.75, 3.05) is 11.9 Å². The van der Waals surface area contributed by atoms with Crippen molar-refractivity contribution >= 4 is 21.6 Å². The Labute approximate surface area is 119 Å². The minimum absolute atomic E-state index is 0.0263. The van der Waals surface area contributed by atoms with Crippen LogP contribution in [-0.2, 0) is 14.8 Å². The number of nitrogens with one attached hydrogen (secondary N) is 1. The zero-order chi connectivity index (χ0) is 15.2. The summed E-state index contributed by atoms with van der Waals surface area (Å²) in [5.74, 6) is -0.142. The number of unbranched alkanes of at least 4 members (excludes halogenated alkanes) is 2. The van der Waals surface area contributed by atoms with Gasteiger partial charge in [-0.2, -0.15) is 0 Å². The third-order valence-corrected chi connectivity index (χ3v) is 4.03. The van der Waals surface area contributed by atoms with Crippen molar-refractivity contribution in [2.45, 2.75) is 37.5 Å². The topological polar surface area (TPSA) is 115 Å². The molecule has 0 unspecified atom stereocenters. The van der Waals surface area contributed by atoms with Gasteiger partial charge < -0.3 is 11.1 Å². The summed E-state index contributed by atoms with van der Waals surface area (Å²) in [4.78, 5) is 11.8. The molecule has 0 fully saturated rings. The van der Waals surface area contributed by atoms with Gasteiger partial charge in [-0.05, 0) is 44.0 Å². The maximum absolute atomic E-state index is 11.8. The van der Waals surface area contributed by atoms with E-state index in [2.05, 4.69) is 5.32 Å². The molecule has 0 aliphatic rings. The number of amides is 1. The molecular weight excluding hydrogens is 278 g/mol. The van der Waals surface area contributed by atoms with Crippen LogP contribution in [0.25, 0.3) is 0 Å². The quantitative estimate of drug-likeness (QED) is 0.654. The molecule has 1 amide bonds. The van der Waals surface area contributed by atoms with Crippen molar-refractivity contribution < 1.29 is 13.2 Å². The fourth-order valence-electron chi connectivity index (χ4n) is 1.88. The predicted octanol–water partition coefficient (Wildman–Crippen LogP) is 1.10. The molecule has 0 spiro atoms. The van der Waals surface area contributed by atoms with Gasteiger partial charge in [-0.15, -0.1) is 0 Å². The molecule has 1 rings (SSSR count). The van der Waals surface area contributed by atoms with Gasteiger partial charge >= 0.3 is 0 Å². The van der Waals surface area contributed by atoms with E-state index in [0.717, 1.165) is 19.3 Å². The Bertz CT molecular complexity index is 570. The van der Waals surface area contributed by atoms with Gasteiger partial charge in [0.25, 0.3) is 0 Å². The summed E-state index contributed by atoms with van der Waals surface area (Å²) in [6, 6.07) is 4.63. The number of primary sulfonamides is 1. The number of sulfonamides is 1. The maximum Gasteiger partial charge on any atom is 0.238 e. The SMILES string of the molecule is Cc1c(NC(=O)CCCCCN)cccc1S(N)(=O)=O. The summed E-state index contributed by atoms with van der Waals surface area (Å²) in [6.07, 6.45) is 2.95. The first-order chi connectivity index (χ1) is 9.36. The molecule has 7 heteroatoms. The fourth-order valence-corrected chi connectivity index (χ4v) is 2.68. The maximum atomic E-state index is 11.8. The smallest absolute Gasteiger partial charge is 0.238 e. The van der Waals surface area contributed by atoms with E-state index in [1.807, 2.05) is 0 Å². The summed E-state index contributed by atoms with van der Waals surface area (Å²) >= 11 is 0. The first-order valence-electron chi connectivity index (χ1n) is 6.48. The van der Waals surface area contributed by atoms with Crippen LogP contribution in [-0.4, -0.2) is 20.9 Å². The lowest BCUT2D eigenvalue weighted by Crippen LogP contribution is -2.16. The Morgan fingerprint density at radius 1 is 1.25 bits per heavy atom. The molecule has 0 atom stereocenters. The van der Waals surface area contributed by atoms with Gasteiger partial charge in [0.15, 0.2) is 0 Å². The normalized spacial score (nSPS) is 11.3. The van der Waals surface area contributed by atoms with E-state index in [1.165, 1.54) is 6.07 Å². The van der Waals surface area contributed by atoms with Crippen molar-refractivity contribution in [1.29, 1.82) is 0 Å². The Kier molecular flexibility index (Phi) is 6.12. The highest BCUT2D eigenvalue weighted by atomic mass is 32.2. The predicted molar refractivity (Wildman–Crippen MR) is 78.7 cm³/mol. The van der Waals surface area contributed by atoms with Gasteiger partial charge in [-0.25, -0.2) is 13.6 Å². The second kappa shape index (κ2) is 7.37. The number of anilines is 1. The van der Waals surface area contributed by atoms with E-state index in [1.54, 1.807) is 19.1 Å². The van der Waals surface area contributed by atoms with Gasteiger partial charge in [0, 0.05) is 12.1 Å². The van der Waals surface area contributed by atoms with Gasteiger partial charge in [-0.1, -0.05) is 12.5 Å². The number of carbonyl (C=O) groups is 1. The summed E-state index contributed by atoms with van der Waals surface area (Å²) < 4.78 is 22.8. The lowest BCUT2D eigenvalue weighted by atomic mass is 10.1. The molecule has 20 heavy (non-hydrogen) atoms. The molecule has 0 aromatic heterocycles. The molecule has 0 aliphatic heterocycles. The average molecular weight is 299 g/mol. The summed E-state index contributed by atoms with van der Waals surface area (Å²) in [5, 5.41) is 7.83. The van der Waals surface area contributed by atoms with Crippen LogP contribution in [0.4, 0.5) is 5.69 Å². The van der Waals surface area contributed by atoms with Crippen molar-refractivity contribution in [3.8, 4) is 0 Å². The van der Waals surface area contributed by atoms with E-state index < -0.39 is 10.0 Å². The Morgan fingerprint density at radius 3 is 2.55 bits per heavy atom. The van der Waals surface area contributed by atoms with Gasteiger partial charge in [0.1, 0.15) is 0 Å². The summed E-state index contributed by atoms with van der Waals surface area (Å²) in [7, 11) is -3.78. The third kappa shape index (κ3) is 4.92. The number of hydrogen-bond donors (Lipinski definition) is 3. The zero-order valence-electron chi connectivity index (χ0n) is 11.6. The van der Waals surface area contributed by atoms with E-state index in [4.69, 9.17) is 10.9 Å². The van der Waals surface area contributed by atoms with E-state index in [9.17, 15) is 13.2 Å². The van der Waals surface area contributed by atoms with Crippen molar-refractivity contribution in [2.24, 2.45) is 10.9 Å². The van der Waals surface area contributed by atoms with Crippen LogP contribution < -0.4 is 16.2 Å². The minimum atomic E-state index is -3.78. The van der Waals surface area contributed by atoms with Crippen LogP contribution in [0.2, 0.25) is 0 Å². The lowest BCUT2D eigenvalue weighted by molar-refractivity contribution is -0.116. The molecule has 0 saturated heterocycles. The standard InChI is InChI=1S/C13H21N3O3S/c1-10-11(6-5-7-12(10)20(15,18)19)16-13(17)8-3-2-4-9-14/h5-7H,2-4,8-9,14H2,1H3,(H,16,17)(H2,15,18,19). The van der Waals surface area contributed by atoms with Crippen molar-refractivity contribution in [1.82, 2.24) is 0 Å². The summed E-state index contributed by atoms with van der Waals surface area (Å²) in [5.41, 5.74) is 6.30. The average Bonchev–Trinajstić information content (AvgIpc) is 2.36.